The normalized spacial score (nSPS) is 15.4. The molecule has 7 nitrogen and oxygen atoms in total. The Hall–Kier alpha value is -2.28. The molecule has 0 unspecified atom stereocenters. The molecular formula is C15H19N5O2. The summed E-state index contributed by atoms with van der Waals surface area (Å²) in [6.07, 6.45) is 1.79. The van der Waals surface area contributed by atoms with E-state index in [9.17, 15) is 5.11 Å². The lowest BCUT2D eigenvalue weighted by molar-refractivity contribution is 0.189. The van der Waals surface area contributed by atoms with Gasteiger partial charge in [0.1, 0.15) is 17.7 Å². The Morgan fingerprint density at radius 2 is 2.14 bits per heavy atom. The van der Waals surface area contributed by atoms with Crippen LogP contribution < -0.4 is 9.64 Å². The molecule has 0 amide bonds. The van der Waals surface area contributed by atoms with E-state index < -0.39 is 6.10 Å². The van der Waals surface area contributed by atoms with Crippen molar-refractivity contribution in [3.05, 3.63) is 35.2 Å². The van der Waals surface area contributed by atoms with Gasteiger partial charge < -0.3 is 14.7 Å². The summed E-state index contributed by atoms with van der Waals surface area (Å²) in [6, 6.07) is 1.85. The number of methoxy groups -OCH3 is 1. The fourth-order valence-electron chi connectivity index (χ4n) is 2.62. The molecule has 2 aromatic rings. The van der Waals surface area contributed by atoms with Gasteiger partial charge in [0.05, 0.1) is 19.3 Å². The third-order valence-corrected chi connectivity index (χ3v) is 3.69. The quantitative estimate of drug-likeness (QED) is 0.911. The van der Waals surface area contributed by atoms with Crippen LogP contribution in [0.15, 0.2) is 12.3 Å². The van der Waals surface area contributed by atoms with E-state index in [0.717, 1.165) is 30.0 Å². The van der Waals surface area contributed by atoms with Crippen LogP contribution in [0.1, 0.15) is 35.9 Å². The number of anilines is 1. The monoisotopic (exact) mass is 301 g/mol. The molecule has 0 aliphatic carbocycles. The molecule has 116 valence electrons. The highest BCUT2D eigenvalue weighted by Crippen LogP contribution is 2.27. The number of hydrogen-bond acceptors (Lipinski definition) is 7. The molecule has 3 rings (SSSR count). The van der Waals surface area contributed by atoms with Crippen molar-refractivity contribution in [3.63, 3.8) is 0 Å². The highest BCUT2D eigenvalue weighted by Gasteiger charge is 2.23. The molecule has 0 radical (unpaired) electrons. The van der Waals surface area contributed by atoms with E-state index >= 15 is 0 Å². The van der Waals surface area contributed by atoms with Crippen LogP contribution in [0.25, 0.3) is 0 Å². The summed E-state index contributed by atoms with van der Waals surface area (Å²) in [6.45, 7) is 4.96. The van der Waals surface area contributed by atoms with Crippen molar-refractivity contribution >= 4 is 5.82 Å². The lowest BCUT2D eigenvalue weighted by Gasteiger charge is -2.29. The van der Waals surface area contributed by atoms with E-state index in [1.54, 1.807) is 20.2 Å². The largest absolute Gasteiger partial charge is 0.481 e. The molecule has 7 heteroatoms. The topological polar surface area (TPSA) is 84.3 Å². The number of aromatic nitrogens is 4. The molecule has 0 aromatic carbocycles. The van der Waals surface area contributed by atoms with Crippen molar-refractivity contribution in [1.82, 2.24) is 19.9 Å². The molecule has 0 saturated heterocycles. The van der Waals surface area contributed by atoms with Crippen molar-refractivity contribution in [3.8, 4) is 5.88 Å². The molecule has 1 atom stereocenters. The van der Waals surface area contributed by atoms with Gasteiger partial charge in [0.15, 0.2) is 5.82 Å². The smallest absolute Gasteiger partial charge is 0.219 e. The zero-order valence-corrected chi connectivity index (χ0v) is 12.9. The zero-order valence-electron chi connectivity index (χ0n) is 12.9. The Morgan fingerprint density at radius 3 is 2.86 bits per heavy atom. The van der Waals surface area contributed by atoms with E-state index in [4.69, 9.17) is 4.74 Å². The molecule has 22 heavy (non-hydrogen) atoms. The number of aliphatic hydroxyl groups excluding tert-OH is 1. The summed E-state index contributed by atoms with van der Waals surface area (Å²) < 4.78 is 5.36. The van der Waals surface area contributed by atoms with Crippen LogP contribution in [0.3, 0.4) is 0 Å². The Morgan fingerprint density at radius 1 is 1.32 bits per heavy atom. The Labute approximate surface area is 129 Å². The van der Waals surface area contributed by atoms with E-state index in [1.165, 1.54) is 0 Å². The third kappa shape index (κ3) is 2.71. The van der Waals surface area contributed by atoms with Crippen LogP contribution in [-0.2, 0) is 13.0 Å². The highest BCUT2D eigenvalue weighted by atomic mass is 16.5. The second kappa shape index (κ2) is 5.84. The summed E-state index contributed by atoms with van der Waals surface area (Å²) in [5.41, 5.74) is 2.03. The first kappa shape index (κ1) is 14.6. The van der Waals surface area contributed by atoms with Crippen LogP contribution in [0.4, 0.5) is 5.82 Å². The molecule has 1 aliphatic heterocycles. The molecule has 3 heterocycles. The first-order chi connectivity index (χ1) is 10.6. The fourth-order valence-corrected chi connectivity index (χ4v) is 2.62. The molecule has 0 saturated carbocycles. The van der Waals surface area contributed by atoms with Gasteiger partial charge in [0, 0.05) is 18.3 Å². The van der Waals surface area contributed by atoms with Gasteiger partial charge in [-0.2, -0.15) is 4.98 Å². The van der Waals surface area contributed by atoms with Crippen molar-refractivity contribution in [2.75, 3.05) is 18.6 Å². The minimum Gasteiger partial charge on any atom is -0.481 e. The van der Waals surface area contributed by atoms with E-state index in [-0.39, 0.29) is 0 Å². The van der Waals surface area contributed by atoms with Crippen molar-refractivity contribution in [1.29, 1.82) is 0 Å². The average molecular weight is 301 g/mol. The first-order valence-corrected chi connectivity index (χ1v) is 7.25. The highest BCUT2D eigenvalue weighted by molar-refractivity contribution is 5.44. The van der Waals surface area contributed by atoms with E-state index in [1.807, 2.05) is 13.0 Å². The zero-order chi connectivity index (χ0) is 15.7. The van der Waals surface area contributed by atoms with Crippen molar-refractivity contribution in [2.45, 2.75) is 32.9 Å². The Bertz CT molecular complexity index is 690. The molecule has 0 bridgehead atoms. The standard InChI is InChI=1S/C15H19N5O2/c1-9(21)14-16-6-4-13(19-14)20-7-5-11-12(8-20)17-10(2)18-15(11)22-3/h4,6,9,21H,5,7-8H2,1-3H3/t9-/m1/s1. The maximum absolute atomic E-state index is 9.63. The summed E-state index contributed by atoms with van der Waals surface area (Å²) in [5.74, 6) is 2.59. The average Bonchev–Trinajstić information content (AvgIpc) is 2.53. The predicted molar refractivity (Wildman–Crippen MR) is 80.7 cm³/mol. The minimum atomic E-state index is -0.679. The number of aryl methyl sites for hydroxylation is 1. The van der Waals surface area contributed by atoms with Crippen LogP contribution in [0, 0.1) is 6.92 Å². The minimum absolute atomic E-state index is 0.430. The number of nitrogens with zero attached hydrogens (tertiary/aromatic N) is 5. The molecule has 1 aliphatic rings. The number of hydrogen-bond donors (Lipinski definition) is 1. The van der Waals surface area contributed by atoms with Gasteiger partial charge in [0.2, 0.25) is 5.88 Å². The van der Waals surface area contributed by atoms with E-state index in [2.05, 4.69) is 24.8 Å². The number of ether oxygens (including phenoxy) is 1. The summed E-state index contributed by atoms with van der Waals surface area (Å²) in [7, 11) is 1.63. The van der Waals surface area contributed by atoms with Crippen LogP contribution in [-0.4, -0.2) is 38.7 Å². The number of rotatable bonds is 3. The molecule has 2 aromatic heterocycles. The summed E-state index contributed by atoms with van der Waals surface area (Å²) in [5, 5.41) is 9.63. The van der Waals surface area contributed by atoms with Gasteiger partial charge in [-0.05, 0) is 26.3 Å². The van der Waals surface area contributed by atoms with Gasteiger partial charge in [-0.3, -0.25) is 0 Å². The molecule has 1 N–H and O–H groups in total. The third-order valence-electron chi connectivity index (χ3n) is 3.69. The molecule has 0 spiro atoms. The second-order valence-electron chi connectivity index (χ2n) is 5.33. The van der Waals surface area contributed by atoms with Crippen molar-refractivity contribution in [2.24, 2.45) is 0 Å². The predicted octanol–water partition coefficient (Wildman–Crippen LogP) is 1.20. The summed E-state index contributed by atoms with van der Waals surface area (Å²) in [4.78, 5) is 19.5. The molecule has 0 fully saturated rings. The van der Waals surface area contributed by atoms with Gasteiger partial charge in [-0.15, -0.1) is 0 Å². The van der Waals surface area contributed by atoms with Gasteiger partial charge in [0.25, 0.3) is 0 Å². The lowest BCUT2D eigenvalue weighted by Crippen LogP contribution is -2.32. The van der Waals surface area contributed by atoms with Crippen LogP contribution in [0.2, 0.25) is 0 Å². The Balaban J connectivity index is 1.91. The first-order valence-electron chi connectivity index (χ1n) is 7.25. The number of fused-ring (bicyclic) bond motifs is 1. The maximum Gasteiger partial charge on any atom is 0.219 e. The lowest BCUT2D eigenvalue weighted by atomic mass is 10.1. The molecular weight excluding hydrogens is 282 g/mol. The second-order valence-corrected chi connectivity index (χ2v) is 5.33. The van der Waals surface area contributed by atoms with Gasteiger partial charge in [-0.1, -0.05) is 0 Å². The maximum atomic E-state index is 9.63. The van der Waals surface area contributed by atoms with Crippen molar-refractivity contribution < 1.29 is 9.84 Å². The van der Waals surface area contributed by atoms with Crippen LogP contribution in [0.5, 0.6) is 5.88 Å². The fraction of sp³-hybridized carbons (Fsp3) is 0.467. The SMILES string of the molecule is COc1nc(C)nc2c1CCN(c1ccnc([C@@H](C)O)n1)C2. The van der Waals surface area contributed by atoms with Crippen LogP contribution >= 0.6 is 0 Å². The van der Waals surface area contributed by atoms with Gasteiger partial charge in [-0.25, -0.2) is 15.0 Å². The number of aliphatic hydroxyl groups is 1. The van der Waals surface area contributed by atoms with E-state index in [0.29, 0.717) is 24.1 Å². The summed E-state index contributed by atoms with van der Waals surface area (Å²) >= 11 is 0. The Kier molecular flexibility index (Phi) is 3.89. The van der Waals surface area contributed by atoms with Gasteiger partial charge >= 0.3 is 0 Å².